The lowest BCUT2D eigenvalue weighted by Crippen LogP contribution is -2.41. The lowest BCUT2D eigenvalue weighted by molar-refractivity contribution is -0.385. The zero-order chi connectivity index (χ0) is 25.2. The van der Waals surface area contributed by atoms with Gasteiger partial charge >= 0.3 is 0 Å². The fourth-order valence-electron chi connectivity index (χ4n) is 3.44. The predicted molar refractivity (Wildman–Crippen MR) is 128 cm³/mol. The van der Waals surface area contributed by atoms with Gasteiger partial charge in [0.05, 0.1) is 15.4 Å². The smallest absolute Gasteiger partial charge is 0.271 e. The van der Waals surface area contributed by atoms with Gasteiger partial charge in [0.1, 0.15) is 0 Å². The second kappa shape index (κ2) is 9.27. The fraction of sp³-hybridized carbons (Fsp3) is 0.0435. The van der Waals surface area contributed by atoms with Gasteiger partial charge in [0.2, 0.25) is 0 Å². The number of nitro benzene ring substituents is 1. The van der Waals surface area contributed by atoms with Gasteiger partial charge in [-0.05, 0) is 36.4 Å². The van der Waals surface area contributed by atoms with Crippen LogP contribution in [0.2, 0.25) is 0 Å². The SMILES string of the molecule is Cn1cc(C(=O)NNC(=O)c2ccc(NS(=O)(=O)c3cccc([N+](=O)[O-])c3)cc2)c2ccccc21. The molecule has 0 atom stereocenters. The first-order chi connectivity index (χ1) is 16.7. The van der Waals surface area contributed by atoms with E-state index in [1.165, 1.54) is 42.5 Å². The summed E-state index contributed by atoms with van der Waals surface area (Å²) in [5, 5.41) is 11.6. The van der Waals surface area contributed by atoms with E-state index in [9.17, 15) is 28.1 Å². The number of hydrogen-bond donors (Lipinski definition) is 3. The Hall–Kier alpha value is -4.71. The topological polar surface area (TPSA) is 152 Å². The Kier molecular flexibility index (Phi) is 6.21. The molecule has 0 radical (unpaired) electrons. The number of anilines is 1. The Balaban J connectivity index is 1.41. The third-order valence-corrected chi connectivity index (χ3v) is 6.55. The molecule has 1 heterocycles. The van der Waals surface area contributed by atoms with E-state index in [2.05, 4.69) is 15.6 Å². The van der Waals surface area contributed by atoms with Crippen LogP contribution in [-0.4, -0.2) is 29.7 Å². The van der Waals surface area contributed by atoms with E-state index >= 15 is 0 Å². The van der Waals surface area contributed by atoms with Crippen LogP contribution >= 0.6 is 0 Å². The summed E-state index contributed by atoms with van der Waals surface area (Å²) in [6, 6.07) is 17.4. The molecule has 178 valence electrons. The average Bonchev–Trinajstić information content (AvgIpc) is 3.19. The number of sulfonamides is 1. The maximum Gasteiger partial charge on any atom is 0.271 e. The normalized spacial score (nSPS) is 11.1. The maximum absolute atomic E-state index is 12.6. The number of nitrogens with zero attached hydrogens (tertiary/aromatic N) is 2. The molecule has 4 rings (SSSR count). The summed E-state index contributed by atoms with van der Waals surface area (Å²) in [6.07, 6.45) is 1.66. The van der Waals surface area contributed by atoms with Crippen LogP contribution in [0, 0.1) is 10.1 Å². The van der Waals surface area contributed by atoms with E-state index in [1.807, 2.05) is 25.2 Å². The van der Waals surface area contributed by atoms with E-state index in [0.717, 1.165) is 17.0 Å². The number of amides is 2. The standard InChI is InChI=1S/C23H19N5O6S/c1-27-14-20(19-7-2-3-8-21(19)27)23(30)25-24-22(29)15-9-11-16(12-10-15)26-35(33,34)18-6-4-5-17(13-18)28(31)32/h2-14,26H,1H3,(H,24,29)(H,25,30). The molecule has 0 saturated heterocycles. The summed E-state index contributed by atoms with van der Waals surface area (Å²) >= 11 is 0. The van der Waals surface area contributed by atoms with Crippen molar-refractivity contribution in [3.8, 4) is 0 Å². The monoisotopic (exact) mass is 493 g/mol. The summed E-state index contributed by atoms with van der Waals surface area (Å²) < 4.78 is 29.2. The van der Waals surface area contributed by atoms with Crippen molar-refractivity contribution in [1.29, 1.82) is 0 Å². The van der Waals surface area contributed by atoms with Crippen molar-refractivity contribution in [3.05, 3.63) is 100 Å². The molecule has 0 spiro atoms. The largest absolute Gasteiger partial charge is 0.350 e. The molecule has 3 aromatic carbocycles. The highest BCUT2D eigenvalue weighted by Gasteiger charge is 2.18. The van der Waals surface area contributed by atoms with Crippen LogP contribution in [0.5, 0.6) is 0 Å². The van der Waals surface area contributed by atoms with Gasteiger partial charge < -0.3 is 4.57 Å². The van der Waals surface area contributed by atoms with Crippen LogP contribution < -0.4 is 15.6 Å². The Bertz CT molecular complexity index is 1560. The second-order valence-corrected chi connectivity index (χ2v) is 9.20. The quantitative estimate of drug-likeness (QED) is 0.277. The molecule has 0 unspecified atom stereocenters. The number of hydrogen-bond acceptors (Lipinski definition) is 6. The third-order valence-electron chi connectivity index (χ3n) is 5.17. The summed E-state index contributed by atoms with van der Waals surface area (Å²) in [6.45, 7) is 0. The lowest BCUT2D eigenvalue weighted by atomic mass is 10.2. The van der Waals surface area contributed by atoms with Crippen LogP contribution in [0.25, 0.3) is 10.9 Å². The Labute approximate surface area is 199 Å². The number of non-ortho nitro benzene ring substituents is 1. The molecule has 0 aliphatic carbocycles. The Morgan fingerprint density at radius 3 is 2.31 bits per heavy atom. The molecule has 0 aliphatic heterocycles. The molecule has 0 fully saturated rings. The number of rotatable bonds is 6. The van der Waals surface area contributed by atoms with Gasteiger partial charge in [-0.2, -0.15) is 0 Å². The second-order valence-electron chi connectivity index (χ2n) is 7.52. The van der Waals surface area contributed by atoms with Gasteiger partial charge in [-0.1, -0.05) is 24.3 Å². The highest BCUT2D eigenvalue weighted by molar-refractivity contribution is 7.92. The molecular weight excluding hydrogens is 474 g/mol. The van der Waals surface area contributed by atoms with Crippen molar-refractivity contribution >= 4 is 44.1 Å². The predicted octanol–water partition coefficient (Wildman–Crippen LogP) is 2.96. The van der Waals surface area contributed by atoms with Gasteiger partial charge in [-0.25, -0.2) is 8.42 Å². The molecular formula is C23H19N5O6S. The number of carbonyl (C=O) groups excluding carboxylic acids is 2. The fourth-order valence-corrected chi connectivity index (χ4v) is 4.54. The van der Waals surface area contributed by atoms with Crippen LogP contribution in [0.3, 0.4) is 0 Å². The molecule has 0 aliphatic rings. The Morgan fingerprint density at radius 2 is 1.60 bits per heavy atom. The Morgan fingerprint density at radius 1 is 0.914 bits per heavy atom. The van der Waals surface area contributed by atoms with Crippen molar-refractivity contribution in [3.63, 3.8) is 0 Å². The van der Waals surface area contributed by atoms with Crippen LogP contribution in [0.4, 0.5) is 11.4 Å². The van der Waals surface area contributed by atoms with Gasteiger partial charge in [0.25, 0.3) is 27.5 Å². The van der Waals surface area contributed by atoms with E-state index in [4.69, 9.17) is 0 Å². The molecule has 11 nitrogen and oxygen atoms in total. The van der Waals surface area contributed by atoms with Gasteiger partial charge in [0, 0.05) is 47.5 Å². The first kappa shape index (κ1) is 23.4. The summed E-state index contributed by atoms with van der Waals surface area (Å²) in [5.74, 6) is -1.09. The molecule has 3 N–H and O–H groups in total. The molecule has 0 saturated carbocycles. The lowest BCUT2D eigenvalue weighted by Gasteiger charge is -2.10. The molecule has 12 heteroatoms. The number of nitro groups is 1. The van der Waals surface area contributed by atoms with Crippen LogP contribution in [0.1, 0.15) is 20.7 Å². The number of benzene rings is 3. The molecule has 2 amide bonds. The van der Waals surface area contributed by atoms with Crippen LogP contribution in [0.15, 0.2) is 83.9 Å². The minimum atomic E-state index is -4.08. The molecule has 1 aromatic heterocycles. The van der Waals surface area contributed by atoms with E-state index < -0.39 is 26.8 Å². The molecule has 4 aromatic rings. The molecule has 0 bridgehead atoms. The van der Waals surface area contributed by atoms with Crippen LogP contribution in [-0.2, 0) is 17.1 Å². The first-order valence-electron chi connectivity index (χ1n) is 10.2. The van der Waals surface area contributed by atoms with Crippen molar-refractivity contribution in [2.75, 3.05) is 4.72 Å². The summed E-state index contributed by atoms with van der Waals surface area (Å²) in [7, 11) is -2.27. The zero-order valence-electron chi connectivity index (χ0n) is 18.3. The maximum atomic E-state index is 12.6. The van der Waals surface area contributed by atoms with Gasteiger partial charge in [-0.15, -0.1) is 0 Å². The van der Waals surface area contributed by atoms with E-state index in [1.54, 1.807) is 16.8 Å². The number of aryl methyl sites for hydroxylation is 1. The average molecular weight is 494 g/mol. The minimum absolute atomic E-state index is 0.146. The highest BCUT2D eigenvalue weighted by atomic mass is 32.2. The van der Waals surface area contributed by atoms with Gasteiger partial charge in [-0.3, -0.25) is 35.3 Å². The molecule has 35 heavy (non-hydrogen) atoms. The number of nitrogens with one attached hydrogen (secondary N) is 3. The minimum Gasteiger partial charge on any atom is -0.350 e. The highest BCUT2D eigenvalue weighted by Crippen LogP contribution is 2.21. The van der Waals surface area contributed by atoms with Crippen molar-refractivity contribution in [2.24, 2.45) is 7.05 Å². The number of aromatic nitrogens is 1. The van der Waals surface area contributed by atoms with E-state index in [0.29, 0.717) is 5.56 Å². The van der Waals surface area contributed by atoms with Crippen molar-refractivity contribution in [2.45, 2.75) is 4.90 Å². The first-order valence-corrected chi connectivity index (χ1v) is 11.7. The number of carbonyl (C=O) groups is 2. The summed E-state index contributed by atoms with van der Waals surface area (Å²) in [4.78, 5) is 34.9. The van der Waals surface area contributed by atoms with Crippen molar-refractivity contribution in [1.82, 2.24) is 15.4 Å². The van der Waals surface area contributed by atoms with Gasteiger partial charge in [0.15, 0.2) is 0 Å². The number of fused-ring (bicyclic) bond motifs is 1. The van der Waals surface area contributed by atoms with E-state index in [-0.39, 0.29) is 21.8 Å². The number of para-hydroxylation sites is 1. The van der Waals surface area contributed by atoms with Crippen molar-refractivity contribution < 1.29 is 22.9 Å². The third kappa shape index (κ3) is 4.96. The zero-order valence-corrected chi connectivity index (χ0v) is 19.1. The number of hydrazine groups is 1. The summed E-state index contributed by atoms with van der Waals surface area (Å²) in [5.41, 5.74) is 5.93.